The SMILES string of the molecule is FC(F)(F)c1ccc(CO[C@@H]2CNC[C@H]2n2cc(-c3ccncn3)nn2)cc1. The Balaban J connectivity index is 1.41. The standard InChI is InChI=1S/C18H17F3N6O/c19-18(20,21)13-3-1-12(2-4-13)10-28-17-8-23-7-16(17)27-9-15(25-26-27)14-5-6-22-11-24-14/h1-6,9,11,16-17,23H,7-8,10H2/t16-,17-/m1/s1. The van der Waals surface area contributed by atoms with Gasteiger partial charge in [-0.25, -0.2) is 14.6 Å². The first-order valence-corrected chi connectivity index (χ1v) is 8.67. The van der Waals surface area contributed by atoms with E-state index in [2.05, 4.69) is 25.6 Å². The first-order valence-electron chi connectivity index (χ1n) is 8.67. The van der Waals surface area contributed by atoms with E-state index in [4.69, 9.17) is 4.74 Å². The van der Waals surface area contributed by atoms with Crippen LogP contribution in [0.15, 0.2) is 49.1 Å². The summed E-state index contributed by atoms with van der Waals surface area (Å²) in [5, 5.41) is 11.6. The van der Waals surface area contributed by atoms with Gasteiger partial charge in [-0.15, -0.1) is 5.10 Å². The Kier molecular flexibility index (Phi) is 5.05. The number of alkyl halides is 3. The van der Waals surface area contributed by atoms with Crippen LogP contribution >= 0.6 is 0 Å². The van der Waals surface area contributed by atoms with Crippen molar-refractivity contribution in [3.8, 4) is 11.4 Å². The summed E-state index contributed by atoms with van der Waals surface area (Å²) in [6.45, 7) is 1.49. The third-order valence-electron chi connectivity index (χ3n) is 4.57. The van der Waals surface area contributed by atoms with E-state index in [1.165, 1.54) is 18.5 Å². The molecule has 7 nitrogen and oxygen atoms in total. The van der Waals surface area contributed by atoms with Gasteiger partial charge in [0, 0.05) is 19.3 Å². The number of rotatable bonds is 5. The largest absolute Gasteiger partial charge is 0.416 e. The summed E-state index contributed by atoms with van der Waals surface area (Å²) in [6, 6.07) is 6.67. The zero-order chi connectivity index (χ0) is 19.6. The average molecular weight is 390 g/mol. The van der Waals surface area contributed by atoms with Gasteiger partial charge in [0.2, 0.25) is 0 Å². The maximum Gasteiger partial charge on any atom is 0.416 e. The lowest BCUT2D eigenvalue weighted by Gasteiger charge is -2.19. The number of aromatic nitrogens is 5. The Morgan fingerprint density at radius 2 is 1.93 bits per heavy atom. The zero-order valence-electron chi connectivity index (χ0n) is 14.7. The van der Waals surface area contributed by atoms with E-state index < -0.39 is 11.7 Å². The van der Waals surface area contributed by atoms with Crippen LogP contribution in [-0.2, 0) is 17.5 Å². The summed E-state index contributed by atoms with van der Waals surface area (Å²) in [6.07, 6.45) is 0.362. The molecule has 3 heterocycles. The molecule has 1 saturated heterocycles. The van der Waals surface area contributed by atoms with Gasteiger partial charge >= 0.3 is 6.18 Å². The molecule has 0 spiro atoms. The number of nitrogens with one attached hydrogen (secondary N) is 1. The predicted molar refractivity (Wildman–Crippen MR) is 93.0 cm³/mol. The van der Waals surface area contributed by atoms with Gasteiger partial charge in [0.25, 0.3) is 0 Å². The van der Waals surface area contributed by atoms with Crippen LogP contribution < -0.4 is 5.32 Å². The molecule has 1 N–H and O–H groups in total. The van der Waals surface area contributed by atoms with Gasteiger partial charge in [-0.3, -0.25) is 0 Å². The van der Waals surface area contributed by atoms with Crippen LogP contribution in [0, 0.1) is 0 Å². The van der Waals surface area contributed by atoms with Crippen molar-refractivity contribution < 1.29 is 17.9 Å². The van der Waals surface area contributed by atoms with Crippen LogP contribution in [0.3, 0.4) is 0 Å². The number of hydrogen-bond acceptors (Lipinski definition) is 6. The van der Waals surface area contributed by atoms with Gasteiger partial charge < -0.3 is 10.1 Å². The Bertz CT molecular complexity index is 913. The number of nitrogens with zero attached hydrogens (tertiary/aromatic N) is 5. The number of benzene rings is 1. The van der Waals surface area contributed by atoms with Crippen LogP contribution in [0.2, 0.25) is 0 Å². The molecular weight excluding hydrogens is 373 g/mol. The maximum atomic E-state index is 12.7. The topological polar surface area (TPSA) is 77.8 Å². The molecule has 2 atom stereocenters. The molecule has 0 radical (unpaired) electrons. The zero-order valence-corrected chi connectivity index (χ0v) is 14.7. The molecule has 0 saturated carbocycles. The molecule has 2 aromatic heterocycles. The fourth-order valence-corrected chi connectivity index (χ4v) is 3.07. The quantitative estimate of drug-likeness (QED) is 0.721. The molecular formula is C18H17F3N6O. The molecule has 10 heteroatoms. The molecule has 3 aromatic rings. The molecule has 1 aliphatic rings. The van der Waals surface area contributed by atoms with Crippen molar-refractivity contribution >= 4 is 0 Å². The highest BCUT2D eigenvalue weighted by Gasteiger charge is 2.31. The fraction of sp³-hybridized carbons (Fsp3) is 0.333. The molecule has 1 aliphatic heterocycles. The van der Waals surface area contributed by atoms with E-state index in [1.54, 1.807) is 23.1 Å². The third kappa shape index (κ3) is 4.02. The van der Waals surface area contributed by atoms with Crippen LogP contribution in [0.25, 0.3) is 11.4 Å². The molecule has 146 valence electrons. The maximum absolute atomic E-state index is 12.7. The Morgan fingerprint density at radius 3 is 2.64 bits per heavy atom. The molecule has 0 bridgehead atoms. The number of hydrogen-bond donors (Lipinski definition) is 1. The molecule has 1 fully saturated rings. The summed E-state index contributed by atoms with van der Waals surface area (Å²) < 4.78 is 45.6. The van der Waals surface area contributed by atoms with Crippen molar-refractivity contribution in [2.24, 2.45) is 0 Å². The first-order chi connectivity index (χ1) is 13.5. The normalized spacial score (nSPS) is 19.8. The van der Waals surface area contributed by atoms with Crippen LogP contribution in [0.1, 0.15) is 17.2 Å². The van der Waals surface area contributed by atoms with Crippen molar-refractivity contribution in [3.63, 3.8) is 0 Å². The molecule has 4 rings (SSSR count). The fourth-order valence-electron chi connectivity index (χ4n) is 3.07. The van der Waals surface area contributed by atoms with E-state index in [9.17, 15) is 13.2 Å². The number of halogens is 3. The van der Waals surface area contributed by atoms with Crippen LogP contribution in [0.4, 0.5) is 13.2 Å². The summed E-state index contributed by atoms with van der Waals surface area (Å²) in [5.41, 5.74) is 1.32. The van der Waals surface area contributed by atoms with E-state index in [1.807, 2.05) is 0 Å². The van der Waals surface area contributed by atoms with Crippen molar-refractivity contribution in [2.45, 2.75) is 24.9 Å². The number of ether oxygens (including phenoxy) is 1. The predicted octanol–water partition coefficient (Wildman–Crippen LogP) is 2.48. The Morgan fingerprint density at radius 1 is 1.11 bits per heavy atom. The van der Waals surface area contributed by atoms with Crippen molar-refractivity contribution in [2.75, 3.05) is 13.1 Å². The van der Waals surface area contributed by atoms with Crippen molar-refractivity contribution in [1.82, 2.24) is 30.3 Å². The Hall–Kier alpha value is -2.85. The lowest BCUT2D eigenvalue weighted by Crippen LogP contribution is -2.26. The van der Waals surface area contributed by atoms with Crippen molar-refractivity contribution in [3.05, 3.63) is 60.2 Å². The van der Waals surface area contributed by atoms with Gasteiger partial charge in [-0.05, 0) is 23.8 Å². The highest BCUT2D eigenvalue weighted by atomic mass is 19.4. The highest BCUT2D eigenvalue weighted by Crippen LogP contribution is 2.29. The van der Waals surface area contributed by atoms with Gasteiger partial charge in [-0.2, -0.15) is 13.2 Å². The minimum Gasteiger partial charge on any atom is -0.370 e. The Labute approximate surface area is 158 Å². The molecule has 1 aromatic carbocycles. The van der Waals surface area contributed by atoms with Gasteiger partial charge in [0.1, 0.15) is 12.0 Å². The summed E-state index contributed by atoms with van der Waals surface area (Å²) in [5.74, 6) is 0. The van der Waals surface area contributed by atoms with E-state index in [0.717, 1.165) is 12.1 Å². The van der Waals surface area contributed by atoms with Crippen LogP contribution in [0.5, 0.6) is 0 Å². The van der Waals surface area contributed by atoms with E-state index in [-0.39, 0.29) is 18.8 Å². The third-order valence-corrected chi connectivity index (χ3v) is 4.57. The van der Waals surface area contributed by atoms with E-state index in [0.29, 0.717) is 30.0 Å². The second-order valence-corrected chi connectivity index (χ2v) is 6.45. The molecule has 0 aliphatic carbocycles. The molecule has 28 heavy (non-hydrogen) atoms. The van der Waals surface area contributed by atoms with Crippen LogP contribution in [-0.4, -0.2) is 44.2 Å². The monoisotopic (exact) mass is 390 g/mol. The summed E-state index contributed by atoms with van der Waals surface area (Å²) in [4.78, 5) is 8.04. The van der Waals surface area contributed by atoms with E-state index >= 15 is 0 Å². The lowest BCUT2D eigenvalue weighted by molar-refractivity contribution is -0.137. The van der Waals surface area contributed by atoms with Gasteiger partial charge in [0.05, 0.1) is 36.2 Å². The van der Waals surface area contributed by atoms with Crippen molar-refractivity contribution in [1.29, 1.82) is 0 Å². The minimum atomic E-state index is -4.34. The second kappa shape index (κ2) is 7.64. The lowest BCUT2D eigenvalue weighted by atomic mass is 10.1. The minimum absolute atomic E-state index is 0.0717. The van der Waals surface area contributed by atoms with Gasteiger partial charge in [0.15, 0.2) is 0 Å². The summed E-state index contributed by atoms with van der Waals surface area (Å²) in [7, 11) is 0. The highest BCUT2D eigenvalue weighted by molar-refractivity contribution is 5.50. The first kappa shape index (κ1) is 18.5. The van der Waals surface area contributed by atoms with Gasteiger partial charge in [-0.1, -0.05) is 17.3 Å². The molecule has 0 unspecified atom stereocenters. The smallest absolute Gasteiger partial charge is 0.370 e. The molecule has 0 amide bonds. The summed E-state index contributed by atoms with van der Waals surface area (Å²) >= 11 is 0. The second-order valence-electron chi connectivity index (χ2n) is 6.45. The average Bonchev–Trinajstić information content (AvgIpc) is 3.36.